The molecule has 3 saturated heterocycles. The zero-order valence-corrected chi connectivity index (χ0v) is 12.2. The molecular weight excluding hydrogens is 260 g/mol. The first kappa shape index (κ1) is 13.2. The van der Waals surface area contributed by atoms with Crippen LogP contribution in [0.4, 0.5) is 0 Å². The van der Waals surface area contributed by atoms with Gasteiger partial charge < -0.3 is 0 Å². The van der Waals surface area contributed by atoms with Crippen LogP contribution < -0.4 is 11.3 Å². The van der Waals surface area contributed by atoms with Gasteiger partial charge >= 0.3 is 0 Å². The minimum absolute atomic E-state index is 0.180. The number of nitrogens with two attached hydrogens (primary N) is 1. The van der Waals surface area contributed by atoms with Crippen LogP contribution in [0.25, 0.3) is 10.8 Å². The van der Waals surface area contributed by atoms with Gasteiger partial charge in [-0.3, -0.25) is 21.1 Å². The molecule has 0 aliphatic carbocycles. The summed E-state index contributed by atoms with van der Waals surface area (Å²) in [6.45, 7) is 5.83. The second-order valence-corrected chi connectivity index (χ2v) is 6.12. The summed E-state index contributed by atoms with van der Waals surface area (Å²) in [4.78, 5) is 5.15. The number of nitrogens with one attached hydrogen (secondary N) is 1. The molecule has 3 fully saturated rings. The second-order valence-electron chi connectivity index (χ2n) is 6.12. The molecule has 0 radical (unpaired) electrons. The minimum atomic E-state index is 0.180. The number of hydrazine groups is 1. The van der Waals surface area contributed by atoms with E-state index in [1.807, 2.05) is 0 Å². The van der Waals surface area contributed by atoms with Gasteiger partial charge in [-0.05, 0) is 16.3 Å². The average molecular weight is 282 g/mol. The summed E-state index contributed by atoms with van der Waals surface area (Å²) in [5, 5.41) is 2.59. The van der Waals surface area contributed by atoms with Gasteiger partial charge in [0, 0.05) is 38.8 Å². The average Bonchev–Trinajstić information content (AvgIpc) is 2.57. The Morgan fingerprint density at radius 2 is 1.76 bits per heavy atom. The van der Waals surface area contributed by atoms with Crippen molar-refractivity contribution in [3.05, 3.63) is 48.0 Å². The van der Waals surface area contributed by atoms with E-state index in [0.29, 0.717) is 6.04 Å². The van der Waals surface area contributed by atoms with E-state index in [2.05, 4.69) is 57.7 Å². The Labute approximate surface area is 125 Å². The summed E-state index contributed by atoms with van der Waals surface area (Å²) < 4.78 is 0. The molecule has 3 aliphatic heterocycles. The van der Waals surface area contributed by atoms with Gasteiger partial charge in [-0.2, -0.15) is 0 Å². The topological polar surface area (TPSA) is 44.5 Å². The molecule has 2 unspecified atom stereocenters. The molecule has 0 amide bonds. The summed E-state index contributed by atoms with van der Waals surface area (Å²) in [5.41, 5.74) is 4.41. The molecule has 3 aliphatic rings. The predicted molar refractivity (Wildman–Crippen MR) is 85.8 cm³/mol. The van der Waals surface area contributed by atoms with E-state index in [1.165, 1.54) is 29.4 Å². The Morgan fingerprint density at radius 1 is 1.00 bits per heavy atom. The lowest BCUT2D eigenvalue weighted by Gasteiger charge is -2.50. The van der Waals surface area contributed by atoms with E-state index in [-0.39, 0.29) is 6.04 Å². The van der Waals surface area contributed by atoms with Gasteiger partial charge in [0.15, 0.2) is 0 Å². The summed E-state index contributed by atoms with van der Waals surface area (Å²) in [6, 6.07) is 15.7. The normalized spacial score (nSPS) is 29.7. The van der Waals surface area contributed by atoms with Crippen LogP contribution in [0.5, 0.6) is 0 Å². The standard InChI is InChI=1S/C17H22N4/c18-19-17(16-12-20-8-10-21(16)11-9-20)15-7-3-5-13-4-1-2-6-14(13)15/h1-7,16-17,19H,8-12,18H2. The lowest BCUT2D eigenvalue weighted by Crippen LogP contribution is -2.64. The molecular formula is C17H22N4. The number of benzene rings is 2. The number of hydrogen-bond donors (Lipinski definition) is 2. The maximum absolute atomic E-state index is 5.96. The molecule has 2 bridgehead atoms. The molecule has 4 heteroatoms. The van der Waals surface area contributed by atoms with Crippen molar-refractivity contribution in [2.45, 2.75) is 12.1 Å². The maximum Gasteiger partial charge on any atom is 0.0633 e. The Balaban J connectivity index is 1.75. The van der Waals surface area contributed by atoms with Crippen LogP contribution in [0, 0.1) is 0 Å². The van der Waals surface area contributed by atoms with Crippen molar-refractivity contribution in [1.82, 2.24) is 15.2 Å². The molecule has 110 valence electrons. The molecule has 21 heavy (non-hydrogen) atoms. The highest BCUT2D eigenvalue weighted by molar-refractivity contribution is 5.86. The van der Waals surface area contributed by atoms with Crippen molar-refractivity contribution in [3.8, 4) is 0 Å². The van der Waals surface area contributed by atoms with E-state index in [0.717, 1.165) is 19.6 Å². The Morgan fingerprint density at radius 3 is 2.48 bits per heavy atom. The zero-order valence-electron chi connectivity index (χ0n) is 12.2. The molecule has 3 N–H and O–H groups in total. The van der Waals surface area contributed by atoms with Crippen LogP contribution in [-0.4, -0.2) is 48.6 Å². The van der Waals surface area contributed by atoms with E-state index in [9.17, 15) is 0 Å². The SMILES string of the molecule is NNC(c1cccc2ccccc12)C1CN2CCN1CC2. The largest absolute Gasteiger partial charge is 0.299 e. The second kappa shape index (κ2) is 5.39. The van der Waals surface area contributed by atoms with Crippen LogP contribution in [0.1, 0.15) is 11.6 Å². The molecule has 0 saturated carbocycles. The predicted octanol–water partition coefficient (Wildman–Crippen LogP) is 1.34. The van der Waals surface area contributed by atoms with Gasteiger partial charge in [0.25, 0.3) is 0 Å². The lowest BCUT2D eigenvalue weighted by molar-refractivity contribution is -0.00347. The monoisotopic (exact) mass is 282 g/mol. The first-order valence-electron chi connectivity index (χ1n) is 7.77. The van der Waals surface area contributed by atoms with Gasteiger partial charge in [-0.25, -0.2) is 0 Å². The van der Waals surface area contributed by atoms with Crippen LogP contribution in [0.2, 0.25) is 0 Å². The Kier molecular flexibility index (Phi) is 3.39. The van der Waals surface area contributed by atoms with Crippen LogP contribution in [-0.2, 0) is 0 Å². The molecule has 2 aromatic carbocycles. The molecule has 4 nitrogen and oxygen atoms in total. The summed E-state index contributed by atoms with van der Waals surface area (Å²) in [5.74, 6) is 5.96. The fourth-order valence-corrected chi connectivity index (χ4v) is 3.90. The van der Waals surface area contributed by atoms with Crippen LogP contribution in [0.3, 0.4) is 0 Å². The van der Waals surface area contributed by atoms with Gasteiger partial charge in [0.05, 0.1) is 6.04 Å². The van der Waals surface area contributed by atoms with Crippen LogP contribution in [0.15, 0.2) is 42.5 Å². The highest BCUT2D eigenvalue weighted by Gasteiger charge is 2.37. The Bertz CT molecular complexity index is 628. The van der Waals surface area contributed by atoms with Crippen molar-refractivity contribution in [1.29, 1.82) is 0 Å². The summed E-state index contributed by atoms with van der Waals surface area (Å²) >= 11 is 0. The maximum atomic E-state index is 5.96. The number of nitrogens with zero attached hydrogens (tertiary/aromatic N) is 2. The quantitative estimate of drug-likeness (QED) is 0.659. The molecule has 2 atom stereocenters. The van der Waals surface area contributed by atoms with Gasteiger partial charge in [0.2, 0.25) is 0 Å². The van der Waals surface area contributed by atoms with Gasteiger partial charge in [-0.15, -0.1) is 0 Å². The van der Waals surface area contributed by atoms with Gasteiger partial charge in [0.1, 0.15) is 0 Å². The van der Waals surface area contributed by atoms with Crippen LogP contribution >= 0.6 is 0 Å². The molecule has 0 aromatic heterocycles. The fraction of sp³-hybridized carbons (Fsp3) is 0.412. The molecule has 0 spiro atoms. The van der Waals surface area contributed by atoms with E-state index >= 15 is 0 Å². The van der Waals surface area contributed by atoms with Gasteiger partial charge in [-0.1, -0.05) is 42.5 Å². The summed E-state index contributed by atoms with van der Waals surface area (Å²) in [7, 11) is 0. The molecule has 2 aromatic rings. The zero-order chi connectivity index (χ0) is 14.2. The Hall–Kier alpha value is -1.46. The number of rotatable bonds is 3. The van der Waals surface area contributed by atoms with E-state index < -0.39 is 0 Å². The van der Waals surface area contributed by atoms with Crippen molar-refractivity contribution in [2.24, 2.45) is 5.84 Å². The molecule has 5 rings (SSSR count). The van der Waals surface area contributed by atoms with E-state index in [4.69, 9.17) is 5.84 Å². The number of fused-ring (bicyclic) bond motifs is 4. The first-order chi connectivity index (χ1) is 10.4. The van der Waals surface area contributed by atoms with Crippen molar-refractivity contribution < 1.29 is 0 Å². The number of hydrogen-bond acceptors (Lipinski definition) is 4. The number of piperazine rings is 3. The van der Waals surface area contributed by atoms with Crippen molar-refractivity contribution >= 4 is 10.8 Å². The van der Waals surface area contributed by atoms with Crippen molar-refractivity contribution in [2.75, 3.05) is 32.7 Å². The fourth-order valence-electron chi connectivity index (χ4n) is 3.90. The summed E-state index contributed by atoms with van der Waals surface area (Å²) in [6.07, 6.45) is 0. The van der Waals surface area contributed by atoms with E-state index in [1.54, 1.807) is 0 Å². The lowest BCUT2D eigenvalue weighted by atomic mass is 9.91. The smallest absolute Gasteiger partial charge is 0.0633 e. The highest BCUT2D eigenvalue weighted by Crippen LogP contribution is 2.31. The molecule has 3 heterocycles. The highest BCUT2D eigenvalue weighted by atomic mass is 15.4. The minimum Gasteiger partial charge on any atom is -0.299 e. The third kappa shape index (κ3) is 2.24. The first-order valence-corrected chi connectivity index (χ1v) is 7.77. The van der Waals surface area contributed by atoms with Crippen molar-refractivity contribution in [3.63, 3.8) is 0 Å². The third-order valence-corrected chi connectivity index (χ3v) is 5.04. The third-order valence-electron chi connectivity index (χ3n) is 5.04.